The molecule has 54 heavy (non-hydrogen) atoms. The Labute approximate surface area is 317 Å². The molecule has 1 aromatic rings. The molecule has 296 valence electrons. The van der Waals surface area contributed by atoms with Gasteiger partial charge in [0.05, 0.1) is 11.8 Å². The lowest BCUT2D eigenvalue weighted by atomic mass is 10.0. The molecule has 3 heterocycles. The lowest BCUT2D eigenvalue weighted by molar-refractivity contribution is -0.141. The van der Waals surface area contributed by atoms with Crippen molar-refractivity contribution in [3.8, 4) is 0 Å². The number of fused-ring (bicyclic) bond motifs is 3. The van der Waals surface area contributed by atoms with Gasteiger partial charge < -0.3 is 30.3 Å². The van der Waals surface area contributed by atoms with Crippen molar-refractivity contribution in [1.82, 2.24) is 25.2 Å². The van der Waals surface area contributed by atoms with E-state index in [1.807, 2.05) is 44.2 Å². The van der Waals surface area contributed by atoms with Crippen molar-refractivity contribution in [2.45, 2.75) is 146 Å². The lowest BCUT2D eigenvalue weighted by Crippen LogP contribution is -2.58. The minimum absolute atomic E-state index is 0.0652. The number of nitrogens with zero attached hydrogens (tertiary/aromatic N) is 2. The minimum Gasteiger partial charge on any atom is -0.444 e. The smallest absolute Gasteiger partial charge is 0.410 e. The highest BCUT2D eigenvalue weighted by Gasteiger charge is 2.62. The Hall–Kier alpha value is -4.34. The first-order chi connectivity index (χ1) is 25.4. The van der Waals surface area contributed by atoms with Gasteiger partial charge in [-0.25, -0.2) is 18.0 Å². The highest BCUT2D eigenvalue weighted by Crippen LogP contribution is 2.46. The van der Waals surface area contributed by atoms with Gasteiger partial charge >= 0.3 is 12.2 Å². The van der Waals surface area contributed by atoms with Gasteiger partial charge in [-0.2, -0.15) is 0 Å². The van der Waals surface area contributed by atoms with Crippen molar-refractivity contribution in [3.63, 3.8) is 0 Å². The number of rotatable bonds is 7. The van der Waals surface area contributed by atoms with Gasteiger partial charge in [-0.15, -0.1) is 0 Å². The van der Waals surface area contributed by atoms with E-state index in [0.29, 0.717) is 38.8 Å². The zero-order chi connectivity index (χ0) is 39.0. The molecule has 15 nitrogen and oxygen atoms in total. The Balaban J connectivity index is 1.23. The first-order valence-corrected chi connectivity index (χ1v) is 20.7. The summed E-state index contributed by atoms with van der Waals surface area (Å²) in [6.45, 7) is 9.77. The fraction of sp³-hybridized carbons (Fsp3) is 0.658. The third kappa shape index (κ3) is 9.29. The summed E-state index contributed by atoms with van der Waals surface area (Å²) in [4.78, 5) is 71.7. The minimum atomic E-state index is -3.90. The van der Waals surface area contributed by atoms with Gasteiger partial charge in [-0.3, -0.25) is 24.0 Å². The topological polar surface area (TPSA) is 193 Å². The van der Waals surface area contributed by atoms with Crippen LogP contribution in [0.1, 0.15) is 104 Å². The van der Waals surface area contributed by atoms with E-state index < -0.39 is 80.4 Å². The number of carbonyl (C=O) groups is 5. The average Bonchev–Trinajstić information content (AvgIpc) is 3.96. The number of sulfonamides is 1. The van der Waals surface area contributed by atoms with E-state index in [0.717, 1.165) is 29.7 Å². The predicted molar refractivity (Wildman–Crippen MR) is 199 cm³/mol. The summed E-state index contributed by atoms with van der Waals surface area (Å²) in [6.07, 6.45) is 5.64. The summed E-state index contributed by atoms with van der Waals surface area (Å²) in [5.74, 6) is -2.49. The normalized spacial score (nSPS) is 27.4. The summed E-state index contributed by atoms with van der Waals surface area (Å²) in [6, 6.07) is 3.97. The molecule has 5 aliphatic rings. The van der Waals surface area contributed by atoms with E-state index in [2.05, 4.69) is 20.7 Å². The molecule has 1 unspecified atom stereocenters. The lowest BCUT2D eigenvalue weighted by Gasteiger charge is -2.30. The van der Waals surface area contributed by atoms with Gasteiger partial charge in [0, 0.05) is 37.2 Å². The monoisotopic (exact) mass is 770 g/mol. The van der Waals surface area contributed by atoms with Crippen LogP contribution in [0.4, 0.5) is 15.3 Å². The quantitative estimate of drug-likeness (QED) is 0.297. The van der Waals surface area contributed by atoms with E-state index in [1.165, 1.54) is 4.90 Å². The molecular formula is C38H54N6O9S. The fourth-order valence-electron chi connectivity index (χ4n) is 7.46. The van der Waals surface area contributed by atoms with Crippen molar-refractivity contribution >= 4 is 45.6 Å². The maximum atomic E-state index is 14.4. The second kappa shape index (κ2) is 15.4. The van der Waals surface area contributed by atoms with Crippen LogP contribution in [0.15, 0.2) is 30.4 Å². The number of benzene rings is 1. The van der Waals surface area contributed by atoms with Crippen LogP contribution in [0, 0.1) is 5.92 Å². The van der Waals surface area contributed by atoms with Crippen LogP contribution in [0.5, 0.6) is 0 Å². The Kier molecular flexibility index (Phi) is 11.2. The van der Waals surface area contributed by atoms with Crippen LogP contribution in [-0.2, 0) is 47.0 Å². The highest BCUT2D eigenvalue weighted by atomic mass is 32.2. The van der Waals surface area contributed by atoms with E-state index in [4.69, 9.17) is 9.47 Å². The van der Waals surface area contributed by atoms with Crippen LogP contribution in [0.3, 0.4) is 0 Å². The molecule has 0 radical (unpaired) electrons. The van der Waals surface area contributed by atoms with E-state index in [1.54, 1.807) is 25.7 Å². The fourth-order valence-corrected chi connectivity index (χ4v) is 8.82. The van der Waals surface area contributed by atoms with Crippen molar-refractivity contribution in [1.29, 1.82) is 0 Å². The molecule has 3 fully saturated rings. The number of anilines is 1. The number of hydrogen-bond acceptors (Lipinski definition) is 10. The largest absolute Gasteiger partial charge is 0.444 e. The molecule has 1 saturated heterocycles. The second-order valence-electron chi connectivity index (χ2n) is 16.6. The van der Waals surface area contributed by atoms with Crippen molar-refractivity contribution < 1.29 is 41.9 Å². The second-order valence-corrected chi connectivity index (χ2v) is 18.6. The third-order valence-electron chi connectivity index (χ3n) is 10.4. The van der Waals surface area contributed by atoms with E-state index in [-0.39, 0.29) is 31.8 Å². The molecule has 2 aliphatic carbocycles. The molecule has 5 amide bonds. The van der Waals surface area contributed by atoms with Gasteiger partial charge in [-0.05, 0) is 96.4 Å². The molecule has 2 saturated carbocycles. The van der Waals surface area contributed by atoms with Gasteiger partial charge in [-0.1, -0.05) is 31.1 Å². The molecule has 3 aliphatic heterocycles. The summed E-state index contributed by atoms with van der Waals surface area (Å²) in [5.41, 5.74) is 0.578. The highest BCUT2D eigenvalue weighted by molar-refractivity contribution is 7.91. The number of hydrogen-bond donors (Lipinski definition) is 4. The molecule has 0 bridgehead atoms. The van der Waals surface area contributed by atoms with E-state index >= 15 is 0 Å². The maximum Gasteiger partial charge on any atom is 0.410 e. The van der Waals surface area contributed by atoms with Gasteiger partial charge in [0.1, 0.15) is 29.3 Å². The number of amides is 5. The van der Waals surface area contributed by atoms with Crippen molar-refractivity contribution in [2.75, 3.05) is 11.9 Å². The van der Waals surface area contributed by atoms with Crippen LogP contribution in [0.2, 0.25) is 0 Å². The zero-order valence-corrected chi connectivity index (χ0v) is 32.6. The van der Waals surface area contributed by atoms with Crippen LogP contribution in [-0.4, -0.2) is 95.3 Å². The van der Waals surface area contributed by atoms with Crippen LogP contribution >= 0.6 is 0 Å². The van der Waals surface area contributed by atoms with E-state index in [9.17, 15) is 32.4 Å². The molecule has 4 N–H and O–H groups in total. The van der Waals surface area contributed by atoms with Gasteiger partial charge in [0.25, 0.3) is 5.91 Å². The molecule has 1 aromatic carbocycles. The van der Waals surface area contributed by atoms with Gasteiger partial charge in [0.15, 0.2) is 0 Å². The Bertz CT molecular complexity index is 1790. The standard InChI is InChI=1S/C38H54N6O9S/c1-23(2)39-27-14-13-24-20-43(21-25(24)17-27)36(49)52-28-18-31-32(45)41-38(34(47)42-54(50,51)29-15-16-29)19-26(38)11-9-7-6-8-10-12-30(33(46)44(31)22-28)40-35(48)53-37(3,4)5/h9,11,13-14,17,23,26,28-31,39H,6-8,10,12,15-16,18-22H2,1-5H3,(H,40,48)(H,41,45)(H,42,47)/t26-,28-,30+,31?,38-/m1/s1. The summed E-state index contributed by atoms with van der Waals surface area (Å²) in [5, 5.41) is 8.26. The molecule has 16 heteroatoms. The predicted octanol–water partition coefficient (Wildman–Crippen LogP) is 3.83. The average molecular weight is 771 g/mol. The number of nitrogens with one attached hydrogen (secondary N) is 4. The number of ether oxygens (including phenoxy) is 2. The number of allylic oxidation sites excluding steroid dienone is 1. The Morgan fingerprint density at radius 2 is 1.76 bits per heavy atom. The SMILES string of the molecule is CC(C)Nc1ccc2c(c1)CN(C(=O)O[C@@H]1CC3C(=O)N[C@]4(C(=O)NS(=O)(=O)C5CC5)C[C@H]4C=CCCCCC[C@H](NC(=O)OC(C)(C)C)C(=O)N3C1)C2. The maximum absolute atomic E-state index is 14.4. The van der Waals surface area contributed by atoms with Crippen LogP contribution < -0.4 is 20.7 Å². The molecule has 6 rings (SSSR count). The van der Waals surface area contributed by atoms with Crippen molar-refractivity contribution in [2.24, 2.45) is 5.92 Å². The Morgan fingerprint density at radius 3 is 2.46 bits per heavy atom. The van der Waals surface area contributed by atoms with Crippen LogP contribution in [0.25, 0.3) is 0 Å². The molecule has 0 spiro atoms. The molecule has 5 atom stereocenters. The molecular weight excluding hydrogens is 717 g/mol. The Morgan fingerprint density at radius 1 is 1.02 bits per heavy atom. The summed E-state index contributed by atoms with van der Waals surface area (Å²) in [7, 11) is -3.90. The first kappa shape index (κ1) is 39.4. The van der Waals surface area contributed by atoms with Crippen molar-refractivity contribution in [3.05, 3.63) is 41.5 Å². The summed E-state index contributed by atoms with van der Waals surface area (Å²) >= 11 is 0. The van der Waals surface area contributed by atoms with Gasteiger partial charge in [0.2, 0.25) is 21.8 Å². The molecule has 0 aromatic heterocycles. The number of alkyl carbamates (subject to hydrolysis) is 1. The first-order valence-electron chi connectivity index (χ1n) is 19.1. The zero-order valence-electron chi connectivity index (χ0n) is 31.8. The summed E-state index contributed by atoms with van der Waals surface area (Å²) < 4.78 is 39.2. The third-order valence-corrected chi connectivity index (χ3v) is 12.3. The number of carbonyl (C=O) groups excluding carboxylic acids is 5.